The summed E-state index contributed by atoms with van der Waals surface area (Å²) in [5.41, 5.74) is 9.06. The number of furan rings is 1. The zero-order valence-electron chi connectivity index (χ0n) is 13.3. The molecule has 3 aromatic heterocycles. The third-order valence-corrected chi connectivity index (χ3v) is 4.31. The summed E-state index contributed by atoms with van der Waals surface area (Å²) in [5.74, 6) is 1.67. The number of nitrogens with two attached hydrogens (primary N) is 1. The summed E-state index contributed by atoms with van der Waals surface area (Å²) in [6.45, 7) is 0. The van der Waals surface area contributed by atoms with Gasteiger partial charge in [0.2, 0.25) is 5.82 Å². The van der Waals surface area contributed by atoms with Gasteiger partial charge in [0.1, 0.15) is 5.82 Å². The van der Waals surface area contributed by atoms with Gasteiger partial charge in [-0.1, -0.05) is 42.5 Å². The summed E-state index contributed by atoms with van der Waals surface area (Å²) in [5, 5.41) is 6.81. The van der Waals surface area contributed by atoms with Crippen LogP contribution in [0.25, 0.3) is 39.1 Å². The Hall–Kier alpha value is -3.60. The van der Waals surface area contributed by atoms with Gasteiger partial charge in [0.05, 0.1) is 6.26 Å². The number of nitrogen functional groups attached to an aromatic ring is 1. The Morgan fingerprint density at radius 3 is 2.68 bits per heavy atom. The molecule has 0 aliphatic rings. The molecule has 5 aromatic rings. The quantitative estimate of drug-likeness (QED) is 0.522. The van der Waals surface area contributed by atoms with Crippen molar-refractivity contribution in [3.8, 4) is 22.7 Å². The first-order chi connectivity index (χ1) is 12.3. The number of rotatable bonds is 2. The van der Waals surface area contributed by atoms with Gasteiger partial charge in [0, 0.05) is 0 Å². The predicted octanol–water partition coefficient (Wildman–Crippen LogP) is 4.39. The van der Waals surface area contributed by atoms with Crippen molar-refractivity contribution in [3.05, 3.63) is 73.0 Å². The number of aromatic nitrogens is 3. The zero-order valence-corrected chi connectivity index (χ0v) is 13.3. The van der Waals surface area contributed by atoms with Gasteiger partial charge in [-0.15, -0.1) is 5.10 Å². The van der Waals surface area contributed by atoms with E-state index in [4.69, 9.17) is 10.2 Å². The van der Waals surface area contributed by atoms with Crippen LogP contribution in [0.4, 0.5) is 5.82 Å². The normalized spacial score (nSPS) is 11.4. The van der Waals surface area contributed by atoms with E-state index in [9.17, 15) is 0 Å². The van der Waals surface area contributed by atoms with Crippen molar-refractivity contribution < 1.29 is 4.42 Å². The first-order valence-electron chi connectivity index (χ1n) is 7.98. The molecule has 0 spiro atoms. The lowest BCUT2D eigenvalue weighted by molar-refractivity contribution is 0.577. The zero-order chi connectivity index (χ0) is 16.8. The molecule has 2 aromatic carbocycles. The maximum Gasteiger partial charge on any atom is 0.217 e. The van der Waals surface area contributed by atoms with Gasteiger partial charge in [0.15, 0.2) is 11.4 Å². The fraction of sp³-hybridized carbons (Fsp3) is 0. The van der Waals surface area contributed by atoms with Crippen LogP contribution in [0.2, 0.25) is 0 Å². The molecule has 0 aliphatic carbocycles. The molecule has 0 bridgehead atoms. The summed E-state index contributed by atoms with van der Waals surface area (Å²) < 4.78 is 7.01. The van der Waals surface area contributed by atoms with E-state index in [1.807, 2.05) is 36.4 Å². The Balaban J connectivity index is 1.74. The highest BCUT2D eigenvalue weighted by molar-refractivity contribution is 5.97. The van der Waals surface area contributed by atoms with Crippen molar-refractivity contribution in [2.45, 2.75) is 0 Å². The van der Waals surface area contributed by atoms with Crippen LogP contribution in [-0.4, -0.2) is 14.6 Å². The number of anilines is 1. The molecule has 25 heavy (non-hydrogen) atoms. The Morgan fingerprint density at radius 1 is 0.920 bits per heavy atom. The Labute approximate surface area is 143 Å². The molecule has 2 N–H and O–H groups in total. The third kappa shape index (κ3) is 2.17. The Bertz CT molecular complexity index is 1200. The van der Waals surface area contributed by atoms with Crippen LogP contribution < -0.4 is 5.73 Å². The number of benzene rings is 2. The SMILES string of the molecule is Nc1cc(-c2cccc3ccccc23)cc2nc(-c3ccco3)nn12. The molecule has 0 amide bonds. The number of hydrogen-bond donors (Lipinski definition) is 1. The molecule has 0 fully saturated rings. The molecule has 120 valence electrons. The highest BCUT2D eigenvalue weighted by atomic mass is 16.3. The number of fused-ring (bicyclic) bond motifs is 2. The van der Waals surface area contributed by atoms with Gasteiger partial charge in [-0.05, 0) is 46.2 Å². The lowest BCUT2D eigenvalue weighted by atomic mass is 9.99. The largest absolute Gasteiger partial charge is 0.461 e. The van der Waals surface area contributed by atoms with Gasteiger partial charge in [-0.2, -0.15) is 4.52 Å². The molecule has 0 saturated heterocycles. The second kappa shape index (κ2) is 5.21. The highest BCUT2D eigenvalue weighted by Gasteiger charge is 2.13. The summed E-state index contributed by atoms with van der Waals surface area (Å²) >= 11 is 0. The Morgan fingerprint density at radius 2 is 1.80 bits per heavy atom. The van der Waals surface area contributed by atoms with Gasteiger partial charge >= 0.3 is 0 Å². The number of hydrogen-bond acceptors (Lipinski definition) is 4. The van der Waals surface area contributed by atoms with Crippen LogP contribution in [0, 0.1) is 0 Å². The van der Waals surface area contributed by atoms with E-state index < -0.39 is 0 Å². The fourth-order valence-electron chi connectivity index (χ4n) is 3.15. The molecule has 0 radical (unpaired) electrons. The van der Waals surface area contributed by atoms with Crippen LogP contribution in [0.1, 0.15) is 0 Å². The van der Waals surface area contributed by atoms with E-state index in [-0.39, 0.29) is 0 Å². The van der Waals surface area contributed by atoms with Crippen LogP contribution in [0.15, 0.2) is 77.4 Å². The standard InChI is InChI=1S/C20H14N4O/c21-18-11-14(16-8-3-6-13-5-1-2-7-15(13)16)12-19-22-20(23-24(18)19)17-9-4-10-25-17/h1-12H,21H2. The van der Waals surface area contributed by atoms with Crippen LogP contribution in [0.5, 0.6) is 0 Å². The van der Waals surface area contributed by atoms with Gasteiger partial charge in [-0.3, -0.25) is 0 Å². The lowest BCUT2D eigenvalue weighted by Crippen LogP contribution is -1.99. The van der Waals surface area contributed by atoms with E-state index in [0.717, 1.165) is 11.1 Å². The monoisotopic (exact) mass is 326 g/mol. The summed E-state index contributed by atoms with van der Waals surface area (Å²) in [6.07, 6.45) is 1.60. The maximum absolute atomic E-state index is 6.24. The summed E-state index contributed by atoms with van der Waals surface area (Å²) in [6, 6.07) is 22.1. The predicted molar refractivity (Wildman–Crippen MR) is 98.0 cm³/mol. The number of pyridine rings is 1. The van der Waals surface area contributed by atoms with E-state index >= 15 is 0 Å². The van der Waals surface area contributed by atoms with E-state index in [1.165, 1.54) is 10.8 Å². The topological polar surface area (TPSA) is 69.3 Å². The minimum atomic E-state index is 0.520. The molecule has 5 rings (SSSR count). The van der Waals surface area contributed by atoms with Crippen LogP contribution in [-0.2, 0) is 0 Å². The molecule has 5 heteroatoms. The van der Waals surface area contributed by atoms with Crippen molar-refractivity contribution in [2.24, 2.45) is 0 Å². The first-order valence-corrected chi connectivity index (χ1v) is 7.98. The molecule has 3 heterocycles. The van der Waals surface area contributed by atoms with Crippen molar-refractivity contribution in [3.63, 3.8) is 0 Å². The van der Waals surface area contributed by atoms with Crippen molar-refractivity contribution in [1.29, 1.82) is 0 Å². The van der Waals surface area contributed by atoms with E-state index in [2.05, 4.69) is 40.4 Å². The smallest absolute Gasteiger partial charge is 0.217 e. The second-order valence-corrected chi connectivity index (χ2v) is 5.88. The third-order valence-electron chi connectivity index (χ3n) is 4.31. The first kappa shape index (κ1) is 13.8. The van der Waals surface area contributed by atoms with Gasteiger partial charge in [0.25, 0.3) is 0 Å². The van der Waals surface area contributed by atoms with Crippen molar-refractivity contribution in [2.75, 3.05) is 5.73 Å². The van der Waals surface area contributed by atoms with E-state index in [1.54, 1.807) is 10.8 Å². The molecule has 5 nitrogen and oxygen atoms in total. The average Bonchev–Trinajstić information content (AvgIpc) is 3.30. The maximum atomic E-state index is 6.24. The van der Waals surface area contributed by atoms with E-state index in [0.29, 0.717) is 23.0 Å². The molecule has 0 unspecified atom stereocenters. The van der Waals surface area contributed by atoms with Crippen molar-refractivity contribution >= 4 is 22.2 Å². The van der Waals surface area contributed by atoms with Crippen LogP contribution >= 0.6 is 0 Å². The lowest BCUT2D eigenvalue weighted by Gasteiger charge is -2.08. The van der Waals surface area contributed by atoms with Gasteiger partial charge in [-0.25, -0.2) is 4.98 Å². The van der Waals surface area contributed by atoms with Crippen molar-refractivity contribution in [1.82, 2.24) is 14.6 Å². The van der Waals surface area contributed by atoms with Crippen LogP contribution in [0.3, 0.4) is 0 Å². The molecule has 0 saturated carbocycles. The molecule has 0 atom stereocenters. The Kier molecular flexibility index (Phi) is 2.87. The molecule has 0 aliphatic heterocycles. The van der Waals surface area contributed by atoms with Gasteiger partial charge < -0.3 is 10.2 Å². The minimum Gasteiger partial charge on any atom is -0.461 e. The minimum absolute atomic E-state index is 0.520. The fourth-order valence-corrected chi connectivity index (χ4v) is 3.15. The second-order valence-electron chi connectivity index (χ2n) is 5.88. The molecular weight excluding hydrogens is 312 g/mol. The highest BCUT2D eigenvalue weighted by Crippen LogP contribution is 2.31. The number of nitrogens with zero attached hydrogens (tertiary/aromatic N) is 3. The summed E-state index contributed by atoms with van der Waals surface area (Å²) in [4.78, 5) is 4.56. The average molecular weight is 326 g/mol. The summed E-state index contributed by atoms with van der Waals surface area (Å²) in [7, 11) is 0. The molecular formula is C20H14N4O.